The van der Waals surface area contributed by atoms with E-state index >= 15 is 0 Å². The topological polar surface area (TPSA) is 109 Å². The summed E-state index contributed by atoms with van der Waals surface area (Å²) in [5, 5.41) is 17.6. The molecule has 0 aromatic carbocycles. The molecule has 0 aliphatic heterocycles. The van der Waals surface area contributed by atoms with E-state index in [1.54, 1.807) is 27.7 Å². The number of amides is 1. The molecule has 9 heteroatoms. The largest absolute Gasteiger partial charge is 0.471 e. The zero-order chi connectivity index (χ0) is 17.8. The second-order valence-electron chi connectivity index (χ2n) is 6.49. The Kier molecular flexibility index (Phi) is 5.94. The second kappa shape index (κ2) is 7.30. The SMILES string of the molecule is CC(C)n1ncc([N+](=O)[O-])c1OC[C@H](C)NC(=O)OC(C)(C)C. The predicted molar refractivity (Wildman–Crippen MR) is 83.6 cm³/mol. The summed E-state index contributed by atoms with van der Waals surface area (Å²) < 4.78 is 12.1. The molecule has 0 bridgehead atoms. The molecule has 1 heterocycles. The molecule has 0 spiro atoms. The van der Waals surface area contributed by atoms with E-state index in [9.17, 15) is 14.9 Å². The first-order chi connectivity index (χ1) is 10.5. The Hall–Kier alpha value is -2.32. The van der Waals surface area contributed by atoms with E-state index in [0.29, 0.717) is 0 Å². The lowest BCUT2D eigenvalue weighted by molar-refractivity contribution is -0.386. The van der Waals surface area contributed by atoms with Crippen LogP contribution in [0.25, 0.3) is 0 Å². The van der Waals surface area contributed by atoms with Crippen LogP contribution in [-0.4, -0.2) is 39.0 Å². The van der Waals surface area contributed by atoms with Crippen molar-refractivity contribution in [3.05, 3.63) is 16.3 Å². The molecule has 130 valence electrons. The van der Waals surface area contributed by atoms with Crippen molar-refractivity contribution in [3.63, 3.8) is 0 Å². The number of aromatic nitrogens is 2. The van der Waals surface area contributed by atoms with Crippen molar-refractivity contribution in [2.24, 2.45) is 0 Å². The van der Waals surface area contributed by atoms with Crippen LogP contribution in [0, 0.1) is 10.1 Å². The molecule has 0 unspecified atom stereocenters. The zero-order valence-electron chi connectivity index (χ0n) is 14.3. The molecule has 1 aromatic rings. The van der Waals surface area contributed by atoms with Crippen LogP contribution in [-0.2, 0) is 4.74 Å². The molecular weight excluding hydrogens is 304 g/mol. The van der Waals surface area contributed by atoms with E-state index in [-0.39, 0.29) is 30.3 Å². The standard InChI is InChI=1S/C14H24N4O5/c1-9(2)17-12(11(7-15-17)18(20)21)22-8-10(3)16-13(19)23-14(4,5)6/h7,9-10H,8H2,1-6H3,(H,16,19)/t10-/m0/s1. The fourth-order valence-electron chi connectivity index (χ4n) is 1.73. The number of hydrogen-bond acceptors (Lipinski definition) is 6. The number of nitro groups is 1. The highest BCUT2D eigenvalue weighted by atomic mass is 16.6. The van der Waals surface area contributed by atoms with E-state index in [4.69, 9.17) is 9.47 Å². The average Bonchev–Trinajstić information content (AvgIpc) is 2.77. The first kappa shape index (κ1) is 18.7. The highest BCUT2D eigenvalue weighted by molar-refractivity contribution is 5.68. The quantitative estimate of drug-likeness (QED) is 0.635. The number of carbonyl (C=O) groups excluding carboxylic acids is 1. The molecule has 1 rings (SSSR count). The van der Waals surface area contributed by atoms with Crippen molar-refractivity contribution in [2.75, 3.05) is 6.61 Å². The third kappa shape index (κ3) is 5.76. The first-order valence-electron chi connectivity index (χ1n) is 7.35. The Morgan fingerprint density at radius 1 is 1.43 bits per heavy atom. The highest BCUT2D eigenvalue weighted by Crippen LogP contribution is 2.29. The monoisotopic (exact) mass is 328 g/mol. The van der Waals surface area contributed by atoms with Gasteiger partial charge in [-0.1, -0.05) is 0 Å². The van der Waals surface area contributed by atoms with Crippen molar-refractivity contribution in [1.29, 1.82) is 0 Å². The van der Waals surface area contributed by atoms with Crippen molar-refractivity contribution < 1.29 is 19.2 Å². The van der Waals surface area contributed by atoms with Crippen molar-refractivity contribution in [1.82, 2.24) is 15.1 Å². The molecule has 1 aromatic heterocycles. The summed E-state index contributed by atoms with van der Waals surface area (Å²) in [4.78, 5) is 22.1. The van der Waals surface area contributed by atoms with Gasteiger partial charge in [0.05, 0.1) is 17.0 Å². The molecule has 0 saturated heterocycles. The van der Waals surface area contributed by atoms with E-state index in [1.807, 2.05) is 13.8 Å². The molecule has 0 radical (unpaired) electrons. The minimum absolute atomic E-state index is 0.0541. The van der Waals surface area contributed by atoms with Crippen LogP contribution in [0.1, 0.15) is 47.6 Å². The van der Waals surface area contributed by atoms with Crippen LogP contribution in [0.2, 0.25) is 0 Å². The van der Waals surface area contributed by atoms with Gasteiger partial charge >= 0.3 is 11.8 Å². The number of carbonyl (C=O) groups is 1. The first-order valence-corrected chi connectivity index (χ1v) is 7.35. The lowest BCUT2D eigenvalue weighted by atomic mass is 10.2. The number of nitrogens with zero attached hydrogens (tertiary/aromatic N) is 3. The Morgan fingerprint density at radius 2 is 2.04 bits per heavy atom. The third-order valence-corrected chi connectivity index (χ3v) is 2.65. The van der Waals surface area contributed by atoms with Gasteiger partial charge in [0.1, 0.15) is 18.4 Å². The molecule has 1 amide bonds. The average molecular weight is 328 g/mol. The van der Waals surface area contributed by atoms with Crippen molar-refractivity contribution >= 4 is 11.8 Å². The minimum Gasteiger partial charge on any atom is -0.471 e. The molecule has 0 aliphatic carbocycles. The van der Waals surface area contributed by atoms with Gasteiger partial charge in [-0.2, -0.15) is 5.10 Å². The van der Waals surface area contributed by atoms with Gasteiger partial charge in [-0.15, -0.1) is 0 Å². The molecule has 1 N–H and O–H groups in total. The van der Waals surface area contributed by atoms with E-state index in [0.717, 1.165) is 6.20 Å². The van der Waals surface area contributed by atoms with Crippen LogP contribution in [0.15, 0.2) is 6.20 Å². The Labute approximate surface area is 135 Å². The summed E-state index contributed by atoms with van der Waals surface area (Å²) in [7, 11) is 0. The smallest absolute Gasteiger partial charge is 0.407 e. The molecule has 9 nitrogen and oxygen atoms in total. The molecule has 0 aliphatic rings. The maximum absolute atomic E-state index is 11.7. The summed E-state index contributed by atoms with van der Waals surface area (Å²) >= 11 is 0. The van der Waals surface area contributed by atoms with Gasteiger partial charge in [-0.25, -0.2) is 9.48 Å². The van der Waals surface area contributed by atoms with Crippen molar-refractivity contribution in [3.8, 4) is 5.88 Å². The molecule has 1 atom stereocenters. The fraction of sp³-hybridized carbons (Fsp3) is 0.714. The van der Waals surface area contributed by atoms with Crippen LogP contribution in [0.4, 0.5) is 10.5 Å². The Bertz CT molecular complexity index is 562. The molecule has 0 saturated carbocycles. The maximum atomic E-state index is 11.7. The predicted octanol–water partition coefficient (Wildman–Crippen LogP) is 2.66. The number of ether oxygens (including phenoxy) is 2. The van der Waals surface area contributed by atoms with Gasteiger partial charge in [0.25, 0.3) is 5.88 Å². The minimum atomic E-state index is -0.598. The normalized spacial score (nSPS) is 12.8. The van der Waals surface area contributed by atoms with Crippen LogP contribution < -0.4 is 10.1 Å². The third-order valence-electron chi connectivity index (χ3n) is 2.65. The van der Waals surface area contributed by atoms with Gasteiger partial charge in [-0.05, 0) is 41.5 Å². The van der Waals surface area contributed by atoms with E-state index in [2.05, 4.69) is 10.4 Å². The summed E-state index contributed by atoms with van der Waals surface area (Å²) in [6, 6.07) is -0.479. The maximum Gasteiger partial charge on any atom is 0.407 e. The molecule has 23 heavy (non-hydrogen) atoms. The second-order valence-corrected chi connectivity index (χ2v) is 6.49. The van der Waals surface area contributed by atoms with Crippen LogP contribution >= 0.6 is 0 Å². The number of hydrogen-bond donors (Lipinski definition) is 1. The lowest BCUT2D eigenvalue weighted by Crippen LogP contribution is -2.40. The fourth-order valence-corrected chi connectivity index (χ4v) is 1.73. The number of alkyl carbamates (subject to hydrolysis) is 1. The highest BCUT2D eigenvalue weighted by Gasteiger charge is 2.25. The van der Waals surface area contributed by atoms with Crippen LogP contribution in [0.3, 0.4) is 0 Å². The van der Waals surface area contributed by atoms with Gasteiger partial charge < -0.3 is 14.8 Å². The summed E-state index contributed by atoms with van der Waals surface area (Å²) in [5.74, 6) is 0.0721. The number of rotatable bonds is 6. The van der Waals surface area contributed by atoms with Crippen molar-refractivity contribution in [2.45, 2.75) is 59.2 Å². The lowest BCUT2D eigenvalue weighted by Gasteiger charge is -2.22. The van der Waals surface area contributed by atoms with Gasteiger partial charge in [0.15, 0.2) is 0 Å². The summed E-state index contributed by atoms with van der Waals surface area (Å²) in [5.41, 5.74) is -0.803. The molecular formula is C14H24N4O5. The van der Waals surface area contributed by atoms with Gasteiger partial charge in [-0.3, -0.25) is 10.1 Å². The zero-order valence-corrected chi connectivity index (χ0v) is 14.3. The van der Waals surface area contributed by atoms with Gasteiger partial charge in [0.2, 0.25) is 0 Å². The van der Waals surface area contributed by atoms with E-state index in [1.165, 1.54) is 4.68 Å². The summed E-state index contributed by atoms with van der Waals surface area (Å²) in [6.07, 6.45) is 0.585. The Balaban J connectivity index is 2.69. The van der Waals surface area contributed by atoms with E-state index < -0.39 is 16.6 Å². The Morgan fingerprint density at radius 3 is 2.52 bits per heavy atom. The van der Waals surface area contributed by atoms with Gasteiger partial charge in [0, 0.05) is 0 Å². The number of nitrogens with one attached hydrogen (secondary N) is 1. The molecule has 0 fully saturated rings. The summed E-state index contributed by atoms with van der Waals surface area (Å²) in [6.45, 7) is 10.7. The van der Waals surface area contributed by atoms with Crippen LogP contribution in [0.5, 0.6) is 5.88 Å².